The van der Waals surface area contributed by atoms with Gasteiger partial charge in [0.2, 0.25) is 0 Å². The molecule has 6 nitrogen and oxygen atoms in total. The number of hydrogen-bond donors (Lipinski definition) is 2. The van der Waals surface area contributed by atoms with Crippen molar-refractivity contribution in [1.82, 2.24) is 10.3 Å². The number of nitrogens with one attached hydrogen (secondary N) is 2. The highest BCUT2D eigenvalue weighted by Crippen LogP contribution is 2.19. The molecule has 0 saturated heterocycles. The van der Waals surface area contributed by atoms with Crippen molar-refractivity contribution in [3.63, 3.8) is 0 Å². The fraction of sp³-hybridized carbons (Fsp3) is 0.348. The van der Waals surface area contributed by atoms with Crippen LogP contribution in [0.3, 0.4) is 0 Å². The second-order valence-corrected chi connectivity index (χ2v) is 6.96. The van der Waals surface area contributed by atoms with Crippen molar-refractivity contribution in [1.29, 1.82) is 0 Å². The summed E-state index contributed by atoms with van der Waals surface area (Å²) in [4.78, 5) is 29.0. The molecule has 0 atom stereocenters. The van der Waals surface area contributed by atoms with Gasteiger partial charge in [-0.3, -0.25) is 14.6 Å². The van der Waals surface area contributed by atoms with Gasteiger partial charge in [0, 0.05) is 24.0 Å². The van der Waals surface area contributed by atoms with Crippen molar-refractivity contribution in [2.75, 3.05) is 18.5 Å². The SMILES string of the molecule is CCOc1ccc(NC(=O)c2cc(C(=O)NCCC3=CCCCC3)ccn2)cc1. The lowest BCUT2D eigenvalue weighted by molar-refractivity contribution is 0.0954. The first-order chi connectivity index (χ1) is 14.2. The van der Waals surface area contributed by atoms with Gasteiger partial charge < -0.3 is 15.4 Å². The van der Waals surface area contributed by atoms with Crippen LogP contribution in [-0.4, -0.2) is 29.9 Å². The number of benzene rings is 1. The first kappa shape index (κ1) is 20.6. The molecule has 0 aliphatic heterocycles. The summed E-state index contributed by atoms with van der Waals surface area (Å²) in [5.74, 6) is 0.182. The molecule has 3 rings (SSSR count). The minimum absolute atomic E-state index is 0.195. The number of rotatable bonds is 8. The first-order valence-electron chi connectivity index (χ1n) is 10.1. The first-order valence-corrected chi connectivity index (χ1v) is 10.1. The average molecular weight is 393 g/mol. The molecule has 1 heterocycles. The second-order valence-electron chi connectivity index (χ2n) is 6.96. The minimum Gasteiger partial charge on any atom is -0.494 e. The highest BCUT2D eigenvalue weighted by molar-refractivity contribution is 6.04. The van der Waals surface area contributed by atoms with Crippen LogP contribution in [0.2, 0.25) is 0 Å². The van der Waals surface area contributed by atoms with E-state index in [0.717, 1.165) is 25.0 Å². The van der Waals surface area contributed by atoms with Crippen LogP contribution in [0.4, 0.5) is 5.69 Å². The number of allylic oxidation sites excluding steroid dienone is 1. The van der Waals surface area contributed by atoms with E-state index in [1.165, 1.54) is 30.7 Å². The smallest absolute Gasteiger partial charge is 0.274 e. The number of ether oxygens (including phenoxy) is 1. The van der Waals surface area contributed by atoms with Crippen LogP contribution < -0.4 is 15.4 Å². The second kappa shape index (κ2) is 10.4. The van der Waals surface area contributed by atoms with Crippen molar-refractivity contribution in [3.05, 3.63) is 65.5 Å². The number of pyridine rings is 1. The molecule has 152 valence electrons. The standard InChI is InChI=1S/C23H27N3O3/c1-2-29-20-10-8-19(9-11-20)26-23(28)21-16-18(13-15-24-21)22(27)25-14-12-17-6-4-3-5-7-17/h6,8-11,13,15-16H,2-5,7,12,14H2,1H3,(H,25,27)(H,26,28). The highest BCUT2D eigenvalue weighted by atomic mass is 16.5. The van der Waals surface area contributed by atoms with Gasteiger partial charge in [-0.2, -0.15) is 0 Å². The Hall–Kier alpha value is -3.15. The largest absolute Gasteiger partial charge is 0.494 e. The molecular formula is C23H27N3O3. The van der Waals surface area contributed by atoms with E-state index in [2.05, 4.69) is 21.7 Å². The lowest BCUT2D eigenvalue weighted by Gasteiger charge is -2.13. The number of anilines is 1. The maximum absolute atomic E-state index is 12.5. The number of aromatic nitrogens is 1. The Labute approximate surface area is 171 Å². The van der Waals surface area contributed by atoms with Crippen LogP contribution in [0.25, 0.3) is 0 Å². The van der Waals surface area contributed by atoms with Gasteiger partial charge in [0.05, 0.1) is 6.61 Å². The molecular weight excluding hydrogens is 366 g/mol. The van der Waals surface area contributed by atoms with Crippen molar-refractivity contribution < 1.29 is 14.3 Å². The third-order valence-electron chi connectivity index (χ3n) is 4.79. The predicted octanol–water partition coefficient (Wildman–Crippen LogP) is 4.35. The number of nitrogens with zero attached hydrogens (tertiary/aromatic N) is 1. The van der Waals surface area contributed by atoms with E-state index in [1.54, 1.807) is 30.3 Å². The summed E-state index contributed by atoms with van der Waals surface area (Å²) in [7, 11) is 0. The molecule has 1 aliphatic rings. The lowest BCUT2D eigenvalue weighted by Crippen LogP contribution is -2.25. The van der Waals surface area contributed by atoms with Crippen LogP contribution in [-0.2, 0) is 0 Å². The molecule has 0 spiro atoms. The number of amides is 2. The molecule has 1 aliphatic carbocycles. The fourth-order valence-corrected chi connectivity index (χ4v) is 3.26. The molecule has 1 aromatic heterocycles. The summed E-state index contributed by atoms with van der Waals surface area (Å²) < 4.78 is 5.39. The molecule has 0 bridgehead atoms. The predicted molar refractivity (Wildman–Crippen MR) is 113 cm³/mol. The maximum Gasteiger partial charge on any atom is 0.274 e. The van der Waals surface area contributed by atoms with Crippen LogP contribution >= 0.6 is 0 Å². The number of carbonyl (C=O) groups is 2. The summed E-state index contributed by atoms with van der Waals surface area (Å²) in [6.07, 6.45) is 9.39. The molecule has 0 unspecified atom stereocenters. The van der Waals surface area contributed by atoms with Crippen molar-refractivity contribution in [2.45, 2.75) is 39.0 Å². The van der Waals surface area contributed by atoms with Gasteiger partial charge in [0.1, 0.15) is 11.4 Å². The van der Waals surface area contributed by atoms with E-state index in [0.29, 0.717) is 24.4 Å². The van der Waals surface area contributed by atoms with Crippen LogP contribution in [0.15, 0.2) is 54.2 Å². The molecule has 6 heteroatoms. The van der Waals surface area contributed by atoms with Crippen LogP contribution in [0, 0.1) is 0 Å². The van der Waals surface area contributed by atoms with E-state index in [4.69, 9.17) is 4.74 Å². The van der Waals surface area contributed by atoms with E-state index < -0.39 is 0 Å². The van der Waals surface area contributed by atoms with Gasteiger partial charge in [-0.25, -0.2) is 0 Å². The molecule has 0 saturated carbocycles. The lowest BCUT2D eigenvalue weighted by atomic mass is 9.97. The third-order valence-corrected chi connectivity index (χ3v) is 4.79. The Bertz CT molecular complexity index is 875. The van der Waals surface area contributed by atoms with Gasteiger partial charge in [-0.05, 0) is 75.4 Å². The molecule has 2 aromatic rings. The number of carbonyl (C=O) groups excluding carboxylic acids is 2. The zero-order chi connectivity index (χ0) is 20.5. The van der Waals surface area contributed by atoms with Gasteiger partial charge in [-0.1, -0.05) is 11.6 Å². The summed E-state index contributed by atoms with van der Waals surface area (Å²) >= 11 is 0. The Kier molecular flexibility index (Phi) is 7.39. The van der Waals surface area contributed by atoms with Gasteiger partial charge >= 0.3 is 0 Å². The normalized spacial score (nSPS) is 13.3. The minimum atomic E-state index is -0.365. The summed E-state index contributed by atoms with van der Waals surface area (Å²) in [6.45, 7) is 3.10. The Morgan fingerprint density at radius 2 is 1.93 bits per heavy atom. The van der Waals surface area contributed by atoms with Crippen LogP contribution in [0.1, 0.15) is 59.9 Å². The molecule has 0 radical (unpaired) electrons. The van der Waals surface area contributed by atoms with Gasteiger partial charge in [-0.15, -0.1) is 0 Å². The molecule has 29 heavy (non-hydrogen) atoms. The van der Waals surface area contributed by atoms with E-state index in [-0.39, 0.29) is 17.5 Å². The Morgan fingerprint density at radius 1 is 1.10 bits per heavy atom. The topological polar surface area (TPSA) is 80.3 Å². The third kappa shape index (κ3) is 6.17. The molecule has 2 amide bonds. The molecule has 2 N–H and O–H groups in total. The van der Waals surface area contributed by atoms with Crippen molar-refractivity contribution in [3.8, 4) is 5.75 Å². The zero-order valence-electron chi connectivity index (χ0n) is 16.7. The fourth-order valence-electron chi connectivity index (χ4n) is 3.26. The zero-order valence-corrected chi connectivity index (χ0v) is 16.7. The van der Waals surface area contributed by atoms with E-state index in [1.807, 2.05) is 6.92 Å². The summed E-state index contributed by atoms with van der Waals surface area (Å²) in [5, 5.41) is 5.71. The highest BCUT2D eigenvalue weighted by Gasteiger charge is 2.12. The summed E-state index contributed by atoms with van der Waals surface area (Å²) in [5.41, 5.74) is 2.67. The van der Waals surface area contributed by atoms with E-state index >= 15 is 0 Å². The Morgan fingerprint density at radius 3 is 2.66 bits per heavy atom. The van der Waals surface area contributed by atoms with E-state index in [9.17, 15) is 9.59 Å². The molecule has 0 fully saturated rings. The van der Waals surface area contributed by atoms with Crippen molar-refractivity contribution >= 4 is 17.5 Å². The summed E-state index contributed by atoms with van der Waals surface area (Å²) in [6, 6.07) is 10.2. The molecule has 1 aromatic carbocycles. The quantitative estimate of drug-likeness (QED) is 0.653. The maximum atomic E-state index is 12.5. The monoisotopic (exact) mass is 393 g/mol. The van der Waals surface area contributed by atoms with Crippen LogP contribution in [0.5, 0.6) is 5.75 Å². The van der Waals surface area contributed by atoms with Gasteiger partial charge in [0.15, 0.2) is 0 Å². The average Bonchev–Trinajstić information content (AvgIpc) is 2.76. The van der Waals surface area contributed by atoms with Crippen molar-refractivity contribution in [2.24, 2.45) is 0 Å². The Balaban J connectivity index is 1.55. The number of hydrogen-bond acceptors (Lipinski definition) is 4. The van der Waals surface area contributed by atoms with Gasteiger partial charge in [0.25, 0.3) is 11.8 Å².